The Morgan fingerprint density at radius 1 is 1.60 bits per heavy atom. The Morgan fingerprint density at radius 3 is 2.70 bits per heavy atom. The minimum absolute atomic E-state index is 0. The molecule has 0 saturated carbocycles. The molecule has 1 rings (SSSR count). The van der Waals surface area contributed by atoms with Gasteiger partial charge >= 0.3 is 0 Å². The number of nitrogens with zero attached hydrogens (tertiary/aromatic N) is 1. The Kier molecular flexibility index (Phi) is 4.40. The molecule has 2 nitrogen and oxygen atoms in total. The summed E-state index contributed by atoms with van der Waals surface area (Å²) < 4.78 is 0. The lowest BCUT2D eigenvalue weighted by Crippen LogP contribution is -1.82. The van der Waals surface area contributed by atoms with Gasteiger partial charge in [0, 0.05) is 11.5 Å². The monoisotopic (exact) mass is 223 g/mol. The van der Waals surface area contributed by atoms with Crippen molar-refractivity contribution in [3.63, 3.8) is 0 Å². The van der Waals surface area contributed by atoms with E-state index in [0.717, 1.165) is 0 Å². The van der Waals surface area contributed by atoms with Crippen molar-refractivity contribution in [2.75, 3.05) is 0 Å². The van der Waals surface area contributed by atoms with Crippen LogP contribution in [0, 0.1) is 0 Å². The largest absolute Gasteiger partial charge is 0.506 e. The first-order valence-electron chi connectivity index (χ1n) is 2.53. The van der Waals surface area contributed by atoms with E-state index in [1.54, 1.807) is 18.3 Å². The van der Waals surface area contributed by atoms with Crippen molar-refractivity contribution in [3.05, 3.63) is 24.0 Å². The van der Waals surface area contributed by atoms with Crippen molar-refractivity contribution in [1.82, 2.24) is 4.98 Å². The number of halogens is 2. The summed E-state index contributed by atoms with van der Waals surface area (Å²) in [5.74, 6) is 0.245. The highest BCUT2D eigenvalue weighted by Crippen LogP contribution is 2.14. The highest BCUT2D eigenvalue weighted by atomic mass is 79.9. The van der Waals surface area contributed by atoms with E-state index >= 15 is 0 Å². The molecule has 0 aliphatic heterocycles. The minimum atomic E-state index is 0. The molecular weight excluding hydrogens is 217 g/mol. The van der Waals surface area contributed by atoms with Crippen molar-refractivity contribution in [3.8, 4) is 5.75 Å². The second kappa shape index (κ2) is 4.52. The van der Waals surface area contributed by atoms with E-state index in [2.05, 4.69) is 20.9 Å². The molecule has 0 radical (unpaired) electrons. The molecule has 1 aromatic rings. The molecule has 10 heavy (non-hydrogen) atoms. The van der Waals surface area contributed by atoms with E-state index in [0.29, 0.717) is 11.0 Å². The van der Waals surface area contributed by atoms with Gasteiger partial charge < -0.3 is 5.11 Å². The lowest BCUT2D eigenvalue weighted by molar-refractivity contribution is 0.467. The predicted octanol–water partition coefficient (Wildman–Crippen LogP) is 2.10. The molecule has 0 unspecified atom stereocenters. The molecule has 0 aliphatic rings. The Labute approximate surface area is 73.8 Å². The standard InChI is InChI=1S/C6H6BrNO.ClH/c7-4-5-6(9)2-1-3-8-5;/h1-3,9H,4H2;1H. The third-order valence-corrected chi connectivity index (χ3v) is 1.52. The molecule has 0 amide bonds. The fourth-order valence-corrected chi connectivity index (χ4v) is 0.965. The molecule has 0 atom stereocenters. The Morgan fingerprint density at radius 2 is 2.30 bits per heavy atom. The number of alkyl halides is 1. The van der Waals surface area contributed by atoms with Crippen LogP contribution in [0.5, 0.6) is 5.75 Å². The molecule has 1 aromatic heterocycles. The SMILES string of the molecule is Cl.Oc1cccnc1CBr. The van der Waals surface area contributed by atoms with Crippen LogP contribution in [0.25, 0.3) is 0 Å². The van der Waals surface area contributed by atoms with Gasteiger partial charge in [-0.05, 0) is 12.1 Å². The van der Waals surface area contributed by atoms with Gasteiger partial charge in [-0.3, -0.25) is 4.98 Å². The summed E-state index contributed by atoms with van der Waals surface area (Å²) in [7, 11) is 0. The van der Waals surface area contributed by atoms with Gasteiger partial charge in [0.1, 0.15) is 5.75 Å². The first kappa shape index (κ1) is 9.72. The van der Waals surface area contributed by atoms with Gasteiger partial charge in [0.2, 0.25) is 0 Å². The smallest absolute Gasteiger partial charge is 0.137 e. The van der Waals surface area contributed by atoms with Crippen LogP contribution in [-0.2, 0) is 5.33 Å². The van der Waals surface area contributed by atoms with Crippen LogP contribution in [0.15, 0.2) is 18.3 Å². The minimum Gasteiger partial charge on any atom is -0.506 e. The molecule has 0 aromatic carbocycles. The highest BCUT2D eigenvalue weighted by Gasteiger charge is 1.95. The maximum absolute atomic E-state index is 9.02. The topological polar surface area (TPSA) is 33.1 Å². The van der Waals surface area contributed by atoms with Crippen LogP contribution in [0.4, 0.5) is 0 Å². The number of hydrogen-bond acceptors (Lipinski definition) is 2. The average Bonchev–Trinajstić information content (AvgIpc) is 1.89. The molecule has 56 valence electrons. The number of aromatic hydroxyl groups is 1. The second-order valence-electron chi connectivity index (χ2n) is 1.60. The van der Waals surface area contributed by atoms with Crippen LogP contribution < -0.4 is 0 Å². The molecule has 4 heteroatoms. The normalized spacial score (nSPS) is 8.50. The molecule has 1 heterocycles. The number of pyridine rings is 1. The van der Waals surface area contributed by atoms with Crippen molar-refractivity contribution in [1.29, 1.82) is 0 Å². The van der Waals surface area contributed by atoms with Crippen molar-refractivity contribution < 1.29 is 5.11 Å². The lowest BCUT2D eigenvalue weighted by atomic mass is 10.3. The third kappa shape index (κ3) is 2.15. The summed E-state index contributed by atoms with van der Waals surface area (Å²) >= 11 is 3.19. The maximum Gasteiger partial charge on any atom is 0.137 e. The van der Waals surface area contributed by atoms with Crippen LogP contribution in [-0.4, -0.2) is 10.1 Å². The van der Waals surface area contributed by atoms with Gasteiger partial charge in [-0.15, -0.1) is 12.4 Å². The Hall–Kier alpha value is -0.280. The van der Waals surface area contributed by atoms with Crippen molar-refractivity contribution in [2.24, 2.45) is 0 Å². The van der Waals surface area contributed by atoms with Gasteiger partial charge in [0.25, 0.3) is 0 Å². The highest BCUT2D eigenvalue weighted by molar-refractivity contribution is 9.08. The van der Waals surface area contributed by atoms with Gasteiger partial charge in [-0.2, -0.15) is 0 Å². The van der Waals surface area contributed by atoms with Gasteiger partial charge in [-0.1, -0.05) is 15.9 Å². The van der Waals surface area contributed by atoms with E-state index in [1.165, 1.54) is 0 Å². The Bertz CT molecular complexity index is 207. The van der Waals surface area contributed by atoms with Crippen LogP contribution in [0.1, 0.15) is 5.69 Å². The van der Waals surface area contributed by atoms with E-state index in [9.17, 15) is 0 Å². The number of aromatic nitrogens is 1. The summed E-state index contributed by atoms with van der Waals surface area (Å²) in [6.07, 6.45) is 1.65. The number of rotatable bonds is 1. The molecule has 0 saturated heterocycles. The van der Waals surface area contributed by atoms with Crippen molar-refractivity contribution >= 4 is 28.3 Å². The zero-order valence-corrected chi connectivity index (χ0v) is 7.52. The van der Waals surface area contributed by atoms with E-state index in [4.69, 9.17) is 5.11 Å². The average molecular weight is 224 g/mol. The molecule has 0 aliphatic carbocycles. The Balaban J connectivity index is 0.000000810. The summed E-state index contributed by atoms with van der Waals surface area (Å²) in [6, 6.07) is 3.31. The second-order valence-corrected chi connectivity index (χ2v) is 2.16. The van der Waals surface area contributed by atoms with Crippen LogP contribution in [0.3, 0.4) is 0 Å². The zero-order valence-electron chi connectivity index (χ0n) is 5.12. The van der Waals surface area contributed by atoms with Gasteiger partial charge in [-0.25, -0.2) is 0 Å². The quantitative estimate of drug-likeness (QED) is 0.741. The fourth-order valence-electron chi connectivity index (χ4n) is 0.532. The maximum atomic E-state index is 9.02. The van der Waals surface area contributed by atoms with E-state index in [1.807, 2.05) is 0 Å². The van der Waals surface area contributed by atoms with Crippen LogP contribution in [0.2, 0.25) is 0 Å². The molecule has 0 fully saturated rings. The fraction of sp³-hybridized carbons (Fsp3) is 0.167. The summed E-state index contributed by atoms with van der Waals surface area (Å²) in [4.78, 5) is 3.90. The van der Waals surface area contributed by atoms with Crippen LogP contribution >= 0.6 is 28.3 Å². The predicted molar refractivity (Wildman–Crippen MR) is 45.8 cm³/mol. The van der Waals surface area contributed by atoms with Crippen molar-refractivity contribution in [2.45, 2.75) is 5.33 Å². The molecular formula is C6H7BrClNO. The first-order chi connectivity index (χ1) is 4.34. The zero-order chi connectivity index (χ0) is 6.69. The third-order valence-electron chi connectivity index (χ3n) is 0.993. The van der Waals surface area contributed by atoms with E-state index < -0.39 is 0 Å². The summed E-state index contributed by atoms with van der Waals surface area (Å²) in [5.41, 5.74) is 0.678. The number of hydrogen-bond donors (Lipinski definition) is 1. The molecule has 0 bridgehead atoms. The summed E-state index contributed by atoms with van der Waals surface area (Å²) in [5, 5.41) is 9.61. The molecule has 1 N–H and O–H groups in total. The van der Waals surface area contributed by atoms with E-state index in [-0.39, 0.29) is 18.2 Å². The molecule has 0 spiro atoms. The lowest BCUT2D eigenvalue weighted by Gasteiger charge is -1.94. The van der Waals surface area contributed by atoms with Gasteiger partial charge in [0.15, 0.2) is 0 Å². The van der Waals surface area contributed by atoms with Gasteiger partial charge in [0.05, 0.1) is 5.69 Å². The first-order valence-corrected chi connectivity index (χ1v) is 3.65. The summed E-state index contributed by atoms with van der Waals surface area (Å²) in [6.45, 7) is 0.